The quantitative estimate of drug-likeness (QED) is 0.0798. The lowest BCUT2D eigenvalue weighted by molar-refractivity contribution is 1.18. The molecule has 0 unspecified atom stereocenters. The van der Waals surface area contributed by atoms with Crippen molar-refractivity contribution in [2.45, 2.75) is 0 Å². The van der Waals surface area contributed by atoms with Crippen LogP contribution in [-0.4, -0.2) is 12.6 Å². The van der Waals surface area contributed by atoms with Crippen LogP contribution in [0.25, 0.3) is 60.2 Å². The van der Waals surface area contributed by atoms with Crippen molar-refractivity contribution in [2.75, 3.05) is 4.90 Å². The minimum atomic E-state index is -2.70. The summed E-state index contributed by atoms with van der Waals surface area (Å²) in [6.45, 7) is 0. The lowest BCUT2D eigenvalue weighted by Crippen LogP contribution is -2.74. The average Bonchev–Trinajstić information content (AvgIpc) is 3.73. The maximum Gasteiger partial charge on any atom is 0.179 e. The summed E-state index contributed by atoms with van der Waals surface area (Å²) in [7, 11) is -2.70. The fourth-order valence-electron chi connectivity index (χ4n) is 10.4. The van der Waals surface area contributed by atoms with Crippen LogP contribution in [0.5, 0.6) is 0 Å². The Kier molecular flexibility index (Phi) is 9.55. The number of aromatic nitrogens is 1. The standard InChI is InChI=1S/C62H44N2Si/c1-5-21-49(22-6-1)64-59-32-16-15-31-57(59)62-60(33-18-34-61(62)64)63(51-42-39-47-36-35-46-19-13-14-30-56(46)58(47)44-51)50-40-37-45(38-41-50)48-20-17-29-55(43-48)65(52-23-7-2-8-24-52,53-25-9-3-10-26-53)54-27-11-4-12-28-54/h1-44H. The fraction of sp³-hybridized carbons (Fsp3) is 0. The van der Waals surface area contributed by atoms with E-state index < -0.39 is 8.07 Å². The number of nitrogens with zero attached hydrogens (tertiary/aromatic N) is 2. The minimum Gasteiger partial charge on any atom is -0.310 e. The molecule has 0 radical (unpaired) electrons. The monoisotopic (exact) mass is 844 g/mol. The number of fused-ring (bicyclic) bond motifs is 6. The molecule has 2 nitrogen and oxygen atoms in total. The number of benzene rings is 11. The van der Waals surface area contributed by atoms with Crippen LogP contribution in [0.3, 0.4) is 0 Å². The van der Waals surface area contributed by atoms with E-state index in [1.807, 2.05) is 0 Å². The van der Waals surface area contributed by atoms with Gasteiger partial charge in [-0.15, -0.1) is 0 Å². The van der Waals surface area contributed by atoms with E-state index in [2.05, 4.69) is 276 Å². The molecule has 306 valence electrons. The molecule has 1 heterocycles. The molecule has 0 N–H and O–H groups in total. The molecule has 0 bridgehead atoms. The third kappa shape index (κ3) is 6.47. The zero-order chi connectivity index (χ0) is 43.2. The van der Waals surface area contributed by atoms with Gasteiger partial charge in [0.25, 0.3) is 0 Å². The number of para-hydroxylation sites is 2. The molecule has 0 aliphatic carbocycles. The number of rotatable bonds is 9. The largest absolute Gasteiger partial charge is 0.310 e. The van der Waals surface area contributed by atoms with Crippen LogP contribution in [0.4, 0.5) is 17.1 Å². The molecule has 0 saturated carbocycles. The van der Waals surface area contributed by atoms with Crippen molar-refractivity contribution in [3.05, 3.63) is 267 Å². The summed E-state index contributed by atoms with van der Waals surface area (Å²) in [5.41, 5.74) is 9.20. The van der Waals surface area contributed by atoms with Crippen LogP contribution < -0.4 is 25.6 Å². The first kappa shape index (κ1) is 38.4. The molecule has 0 atom stereocenters. The van der Waals surface area contributed by atoms with Gasteiger partial charge in [0.1, 0.15) is 0 Å². The molecule has 3 heteroatoms. The molecule has 0 spiro atoms. The first-order valence-electron chi connectivity index (χ1n) is 22.4. The van der Waals surface area contributed by atoms with Gasteiger partial charge in [-0.05, 0) is 108 Å². The van der Waals surface area contributed by atoms with Crippen molar-refractivity contribution in [3.63, 3.8) is 0 Å². The summed E-state index contributed by atoms with van der Waals surface area (Å²) >= 11 is 0. The summed E-state index contributed by atoms with van der Waals surface area (Å²) in [5.74, 6) is 0. The van der Waals surface area contributed by atoms with E-state index in [0.29, 0.717) is 0 Å². The summed E-state index contributed by atoms with van der Waals surface area (Å²) < 4.78 is 2.40. The molecule has 12 aromatic rings. The van der Waals surface area contributed by atoms with E-state index >= 15 is 0 Å². The van der Waals surface area contributed by atoms with Gasteiger partial charge in [-0.3, -0.25) is 0 Å². The van der Waals surface area contributed by atoms with Gasteiger partial charge in [-0.2, -0.15) is 0 Å². The van der Waals surface area contributed by atoms with E-state index in [1.54, 1.807) is 0 Å². The predicted molar refractivity (Wildman–Crippen MR) is 280 cm³/mol. The lowest BCUT2D eigenvalue weighted by atomic mass is 10.00. The maximum absolute atomic E-state index is 2.70. The van der Waals surface area contributed by atoms with E-state index in [9.17, 15) is 0 Å². The van der Waals surface area contributed by atoms with E-state index in [-0.39, 0.29) is 0 Å². The Balaban J connectivity index is 1.05. The highest BCUT2D eigenvalue weighted by atomic mass is 28.3. The van der Waals surface area contributed by atoms with E-state index in [0.717, 1.165) is 22.7 Å². The van der Waals surface area contributed by atoms with E-state index in [4.69, 9.17) is 0 Å². The molecule has 12 rings (SSSR count). The van der Waals surface area contributed by atoms with Crippen LogP contribution in [0, 0.1) is 0 Å². The van der Waals surface area contributed by atoms with Crippen molar-refractivity contribution in [2.24, 2.45) is 0 Å². The molecule has 0 aliphatic rings. The average molecular weight is 845 g/mol. The Morgan fingerprint density at radius 1 is 0.308 bits per heavy atom. The maximum atomic E-state index is 2.46. The third-order valence-electron chi connectivity index (χ3n) is 13.3. The SMILES string of the molecule is c1ccc(-n2c3ccccc3c3c(N(c4ccc(-c5cccc([Si](c6ccccc6)(c6ccccc6)c6ccccc6)c5)cc4)c4ccc5ccc6ccccc6c5c4)cccc32)cc1. The number of hydrogen-bond donors (Lipinski definition) is 0. The van der Waals surface area contributed by atoms with Crippen molar-refractivity contribution in [3.8, 4) is 16.8 Å². The van der Waals surface area contributed by atoms with Gasteiger partial charge in [0.15, 0.2) is 8.07 Å². The van der Waals surface area contributed by atoms with Gasteiger partial charge >= 0.3 is 0 Å². The van der Waals surface area contributed by atoms with Gasteiger partial charge in [0.05, 0.1) is 16.7 Å². The van der Waals surface area contributed by atoms with Crippen molar-refractivity contribution in [1.82, 2.24) is 4.57 Å². The Labute approximate surface area is 380 Å². The number of hydrogen-bond acceptors (Lipinski definition) is 1. The van der Waals surface area contributed by atoms with Gasteiger partial charge in [0, 0.05) is 27.8 Å². The van der Waals surface area contributed by atoms with Crippen molar-refractivity contribution < 1.29 is 0 Å². The first-order valence-corrected chi connectivity index (χ1v) is 24.4. The second-order valence-corrected chi connectivity index (χ2v) is 20.7. The number of anilines is 3. The molecule has 1 aromatic heterocycles. The molecular weight excluding hydrogens is 801 g/mol. The molecular formula is C62H44N2Si. The van der Waals surface area contributed by atoms with E-state index in [1.165, 1.54) is 75.2 Å². The second-order valence-electron chi connectivity index (χ2n) is 16.9. The van der Waals surface area contributed by atoms with Crippen LogP contribution in [0.15, 0.2) is 267 Å². The zero-order valence-corrected chi connectivity index (χ0v) is 36.8. The Morgan fingerprint density at radius 3 is 1.49 bits per heavy atom. The van der Waals surface area contributed by atoms with Crippen LogP contribution in [-0.2, 0) is 0 Å². The first-order chi connectivity index (χ1) is 32.3. The topological polar surface area (TPSA) is 8.17 Å². The summed E-state index contributed by atoms with van der Waals surface area (Å²) in [6.07, 6.45) is 0. The van der Waals surface area contributed by atoms with Crippen molar-refractivity contribution in [1.29, 1.82) is 0 Å². The Hall–Kier alpha value is -8.24. The predicted octanol–water partition coefficient (Wildman–Crippen LogP) is 13.6. The molecule has 0 fully saturated rings. The molecule has 0 aliphatic heterocycles. The van der Waals surface area contributed by atoms with Crippen LogP contribution in [0.1, 0.15) is 0 Å². The molecule has 0 saturated heterocycles. The Bertz CT molecular complexity index is 3540. The molecule has 65 heavy (non-hydrogen) atoms. The third-order valence-corrected chi connectivity index (χ3v) is 18.1. The van der Waals surface area contributed by atoms with Crippen LogP contribution >= 0.6 is 0 Å². The smallest absolute Gasteiger partial charge is 0.179 e. The van der Waals surface area contributed by atoms with Gasteiger partial charge in [0.2, 0.25) is 0 Å². The normalized spacial score (nSPS) is 11.7. The highest BCUT2D eigenvalue weighted by Gasteiger charge is 2.41. The summed E-state index contributed by atoms with van der Waals surface area (Å²) in [4.78, 5) is 2.46. The fourth-order valence-corrected chi connectivity index (χ4v) is 15.2. The Morgan fingerprint density at radius 2 is 0.815 bits per heavy atom. The van der Waals surface area contributed by atoms with Crippen molar-refractivity contribution >= 4 is 89.2 Å². The van der Waals surface area contributed by atoms with Gasteiger partial charge < -0.3 is 9.47 Å². The van der Waals surface area contributed by atoms with Gasteiger partial charge in [-0.25, -0.2) is 0 Å². The second kappa shape index (κ2) is 16.1. The zero-order valence-electron chi connectivity index (χ0n) is 35.8. The highest BCUT2D eigenvalue weighted by molar-refractivity contribution is 7.19. The summed E-state index contributed by atoms with van der Waals surface area (Å²) in [6, 6.07) is 98.5. The minimum absolute atomic E-state index is 1.09. The highest BCUT2D eigenvalue weighted by Crippen LogP contribution is 2.45. The lowest BCUT2D eigenvalue weighted by Gasteiger charge is -2.34. The van der Waals surface area contributed by atoms with Crippen LogP contribution in [0.2, 0.25) is 0 Å². The molecule has 11 aromatic carbocycles. The molecule has 0 amide bonds. The van der Waals surface area contributed by atoms with Gasteiger partial charge in [-0.1, -0.05) is 212 Å². The summed E-state index contributed by atoms with van der Waals surface area (Å²) in [5, 5.41) is 12.8.